The van der Waals surface area contributed by atoms with Gasteiger partial charge >= 0.3 is 0 Å². The standard InChI is InChI=1S/C14H19N5O3S/c1-10-7-12(17-19-14-18-16-9-23-14)13(21-2)8-11(10)15-3-5-22-6-4-20/h7-9,15,20H,3-6H2,1-2H3. The van der Waals surface area contributed by atoms with Gasteiger partial charge in [0, 0.05) is 18.3 Å². The molecule has 0 aliphatic carbocycles. The lowest BCUT2D eigenvalue weighted by atomic mass is 10.1. The number of ether oxygens (including phenoxy) is 2. The van der Waals surface area contributed by atoms with Crippen molar-refractivity contribution in [3.63, 3.8) is 0 Å². The molecule has 2 N–H and O–H groups in total. The van der Waals surface area contributed by atoms with Gasteiger partial charge in [0.05, 0.1) is 26.9 Å². The van der Waals surface area contributed by atoms with Crippen LogP contribution in [0.5, 0.6) is 5.75 Å². The molecule has 0 aliphatic rings. The number of anilines is 1. The Morgan fingerprint density at radius 1 is 1.30 bits per heavy atom. The Balaban J connectivity index is 2.05. The zero-order chi connectivity index (χ0) is 16.5. The van der Waals surface area contributed by atoms with Crippen molar-refractivity contribution in [1.29, 1.82) is 0 Å². The highest BCUT2D eigenvalue weighted by Crippen LogP contribution is 2.34. The van der Waals surface area contributed by atoms with E-state index in [1.54, 1.807) is 12.6 Å². The normalized spacial score (nSPS) is 11.1. The molecule has 1 heterocycles. The lowest BCUT2D eigenvalue weighted by molar-refractivity contribution is 0.0992. The Kier molecular flexibility index (Phi) is 6.85. The van der Waals surface area contributed by atoms with Crippen LogP contribution in [0.1, 0.15) is 5.56 Å². The number of aryl methyl sites for hydroxylation is 1. The molecular formula is C14H19N5O3S. The van der Waals surface area contributed by atoms with E-state index in [9.17, 15) is 0 Å². The molecule has 0 saturated heterocycles. The van der Waals surface area contributed by atoms with E-state index in [-0.39, 0.29) is 6.61 Å². The van der Waals surface area contributed by atoms with Crippen LogP contribution in [0.15, 0.2) is 27.9 Å². The van der Waals surface area contributed by atoms with Crippen molar-refractivity contribution in [3.05, 3.63) is 23.2 Å². The van der Waals surface area contributed by atoms with Crippen LogP contribution in [0.3, 0.4) is 0 Å². The summed E-state index contributed by atoms with van der Waals surface area (Å²) in [7, 11) is 1.59. The first-order chi connectivity index (χ1) is 11.2. The fraction of sp³-hybridized carbons (Fsp3) is 0.429. The number of aliphatic hydroxyl groups is 1. The van der Waals surface area contributed by atoms with Crippen molar-refractivity contribution in [2.75, 3.05) is 38.8 Å². The fourth-order valence-electron chi connectivity index (χ4n) is 1.84. The highest BCUT2D eigenvalue weighted by molar-refractivity contribution is 7.13. The first-order valence-corrected chi connectivity index (χ1v) is 7.91. The molecule has 2 aromatic rings. The number of hydrogen-bond donors (Lipinski definition) is 2. The molecule has 1 aromatic carbocycles. The fourth-order valence-corrected chi connectivity index (χ4v) is 2.21. The summed E-state index contributed by atoms with van der Waals surface area (Å²) >= 11 is 1.31. The summed E-state index contributed by atoms with van der Waals surface area (Å²) in [6.07, 6.45) is 0. The molecule has 0 amide bonds. The van der Waals surface area contributed by atoms with Crippen molar-refractivity contribution in [2.45, 2.75) is 6.92 Å². The highest BCUT2D eigenvalue weighted by Gasteiger charge is 2.08. The second kappa shape index (κ2) is 9.13. The second-order valence-electron chi connectivity index (χ2n) is 4.52. The van der Waals surface area contributed by atoms with E-state index in [0.29, 0.717) is 36.3 Å². The van der Waals surface area contributed by atoms with Gasteiger partial charge in [0.15, 0.2) is 0 Å². The molecule has 0 bridgehead atoms. The van der Waals surface area contributed by atoms with Gasteiger partial charge in [-0.05, 0) is 18.6 Å². The van der Waals surface area contributed by atoms with Crippen LogP contribution in [-0.2, 0) is 4.74 Å². The maximum atomic E-state index is 8.66. The second-order valence-corrected chi connectivity index (χ2v) is 5.33. The van der Waals surface area contributed by atoms with Gasteiger partial charge in [-0.25, -0.2) is 0 Å². The minimum atomic E-state index is 0.0289. The molecule has 1 aromatic heterocycles. The smallest absolute Gasteiger partial charge is 0.251 e. The molecule has 0 spiro atoms. The molecule has 0 unspecified atom stereocenters. The summed E-state index contributed by atoms with van der Waals surface area (Å²) in [5.41, 5.74) is 4.17. The number of hydrogen-bond acceptors (Lipinski definition) is 9. The molecule has 0 radical (unpaired) electrons. The number of benzene rings is 1. The van der Waals surface area contributed by atoms with Crippen LogP contribution in [0.4, 0.5) is 16.5 Å². The lowest BCUT2D eigenvalue weighted by Gasteiger charge is -2.13. The molecule has 9 heteroatoms. The Bertz CT molecular complexity index is 634. The van der Waals surface area contributed by atoms with Crippen molar-refractivity contribution in [2.24, 2.45) is 10.2 Å². The molecule has 0 saturated carbocycles. The molecule has 0 atom stereocenters. The lowest BCUT2D eigenvalue weighted by Crippen LogP contribution is -2.12. The zero-order valence-electron chi connectivity index (χ0n) is 13.0. The Hall–Kier alpha value is -2.10. The molecule has 0 fully saturated rings. The van der Waals surface area contributed by atoms with E-state index in [4.69, 9.17) is 14.6 Å². The number of nitrogens with one attached hydrogen (secondary N) is 1. The number of aromatic nitrogens is 2. The number of azo groups is 1. The molecule has 8 nitrogen and oxygen atoms in total. The summed E-state index contributed by atoms with van der Waals surface area (Å²) in [6, 6.07) is 3.76. The summed E-state index contributed by atoms with van der Waals surface area (Å²) in [6.45, 7) is 3.49. The van der Waals surface area contributed by atoms with E-state index in [1.807, 2.05) is 19.1 Å². The van der Waals surface area contributed by atoms with Gasteiger partial charge in [0.25, 0.3) is 5.13 Å². The number of aliphatic hydroxyl groups excluding tert-OH is 1. The van der Waals surface area contributed by atoms with Crippen LogP contribution in [0, 0.1) is 6.92 Å². The van der Waals surface area contributed by atoms with Crippen LogP contribution >= 0.6 is 11.3 Å². The topological polar surface area (TPSA) is 101 Å². The van der Waals surface area contributed by atoms with E-state index in [2.05, 4.69) is 25.7 Å². The third-order valence-corrected chi connectivity index (χ3v) is 3.49. The van der Waals surface area contributed by atoms with Gasteiger partial charge in [-0.3, -0.25) is 0 Å². The minimum absolute atomic E-state index is 0.0289. The maximum Gasteiger partial charge on any atom is 0.251 e. The first-order valence-electron chi connectivity index (χ1n) is 7.03. The molecule has 124 valence electrons. The Morgan fingerprint density at radius 3 is 2.87 bits per heavy atom. The van der Waals surface area contributed by atoms with Crippen LogP contribution < -0.4 is 10.1 Å². The Labute approximate surface area is 138 Å². The molecule has 23 heavy (non-hydrogen) atoms. The first kappa shape index (κ1) is 17.3. The summed E-state index contributed by atoms with van der Waals surface area (Å²) in [4.78, 5) is 0. The molecule has 2 rings (SSSR count). The number of rotatable bonds is 9. The highest BCUT2D eigenvalue weighted by atomic mass is 32.1. The van der Waals surface area contributed by atoms with Gasteiger partial charge < -0.3 is 19.9 Å². The zero-order valence-corrected chi connectivity index (χ0v) is 13.8. The van der Waals surface area contributed by atoms with Crippen molar-refractivity contribution >= 4 is 27.8 Å². The van der Waals surface area contributed by atoms with Crippen LogP contribution in [-0.4, -0.2) is 48.8 Å². The maximum absolute atomic E-state index is 8.66. The summed E-state index contributed by atoms with van der Waals surface area (Å²) in [5.74, 6) is 0.614. The predicted molar refractivity (Wildman–Crippen MR) is 88.2 cm³/mol. The van der Waals surface area contributed by atoms with Gasteiger partial charge in [-0.2, -0.15) is 0 Å². The predicted octanol–water partition coefficient (Wildman–Crippen LogP) is 2.69. The Morgan fingerprint density at radius 2 is 2.17 bits per heavy atom. The van der Waals surface area contributed by atoms with Crippen molar-refractivity contribution in [3.8, 4) is 5.75 Å². The van der Waals surface area contributed by atoms with Gasteiger partial charge in [0.1, 0.15) is 16.9 Å². The third kappa shape index (κ3) is 5.23. The van der Waals surface area contributed by atoms with E-state index < -0.39 is 0 Å². The van der Waals surface area contributed by atoms with Gasteiger partial charge in [-0.1, -0.05) is 11.3 Å². The van der Waals surface area contributed by atoms with Crippen LogP contribution in [0.2, 0.25) is 0 Å². The summed E-state index contributed by atoms with van der Waals surface area (Å²) in [5, 5.41) is 28.1. The third-order valence-electron chi connectivity index (χ3n) is 2.92. The van der Waals surface area contributed by atoms with Gasteiger partial charge in [0.2, 0.25) is 0 Å². The van der Waals surface area contributed by atoms with Crippen molar-refractivity contribution in [1.82, 2.24) is 10.2 Å². The average molecular weight is 337 g/mol. The molecular weight excluding hydrogens is 318 g/mol. The quantitative estimate of drug-likeness (QED) is 0.539. The monoisotopic (exact) mass is 337 g/mol. The SMILES string of the molecule is COc1cc(NCCOCCO)c(C)cc1N=Nc1nncs1. The van der Waals surface area contributed by atoms with E-state index in [0.717, 1.165) is 11.3 Å². The average Bonchev–Trinajstić information content (AvgIpc) is 3.07. The van der Waals surface area contributed by atoms with E-state index >= 15 is 0 Å². The van der Waals surface area contributed by atoms with Crippen LogP contribution in [0.25, 0.3) is 0 Å². The van der Waals surface area contributed by atoms with E-state index in [1.165, 1.54) is 11.3 Å². The number of methoxy groups -OCH3 is 1. The summed E-state index contributed by atoms with van der Waals surface area (Å²) < 4.78 is 10.6. The van der Waals surface area contributed by atoms with Crippen molar-refractivity contribution < 1.29 is 14.6 Å². The molecule has 0 aliphatic heterocycles. The minimum Gasteiger partial charge on any atom is -0.494 e. The largest absolute Gasteiger partial charge is 0.494 e. The number of nitrogens with zero attached hydrogens (tertiary/aromatic N) is 4. The van der Waals surface area contributed by atoms with Gasteiger partial charge in [-0.15, -0.1) is 20.4 Å².